The highest BCUT2D eigenvalue weighted by atomic mass is 16.2. The Labute approximate surface area is 174 Å². The van der Waals surface area contributed by atoms with Gasteiger partial charge >= 0.3 is 0 Å². The van der Waals surface area contributed by atoms with Crippen LogP contribution in [0.15, 0.2) is 55.0 Å². The summed E-state index contributed by atoms with van der Waals surface area (Å²) < 4.78 is 0. The molecule has 2 aliphatic heterocycles. The van der Waals surface area contributed by atoms with E-state index in [4.69, 9.17) is 0 Å². The Morgan fingerprint density at radius 1 is 0.933 bits per heavy atom. The predicted molar refractivity (Wildman–Crippen MR) is 112 cm³/mol. The lowest BCUT2D eigenvalue weighted by Gasteiger charge is -2.36. The number of carbonyl (C=O) groups excluding carboxylic acids is 2. The summed E-state index contributed by atoms with van der Waals surface area (Å²) in [5.74, 6) is 0.101. The second-order valence-corrected chi connectivity index (χ2v) is 7.77. The molecule has 2 amide bonds. The van der Waals surface area contributed by atoms with Gasteiger partial charge in [0.1, 0.15) is 6.04 Å². The van der Waals surface area contributed by atoms with E-state index in [1.165, 1.54) is 0 Å². The number of carbonyl (C=O) groups is 2. The maximum Gasteiger partial charge on any atom is 0.254 e. The Morgan fingerprint density at radius 2 is 1.70 bits per heavy atom. The lowest BCUT2D eigenvalue weighted by molar-refractivity contribution is -0.134. The Morgan fingerprint density at radius 3 is 2.50 bits per heavy atom. The molecule has 4 heterocycles. The van der Waals surface area contributed by atoms with Gasteiger partial charge in [0.25, 0.3) is 5.91 Å². The molecule has 2 aromatic heterocycles. The molecule has 2 fully saturated rings. The second kappa shape index (κ2) is 7.89. The van der Waals surface area contributed by atoms with Gasteiger partial charge in [0.05, 0.1) is 0 Å². The third-order valence-electron chi connectivity index (χ3n) is 6.01. The first kappa shape index (κ1) is 18.8. The van der Waals surface area contributed by atoms with Crippen LogP contribution in [0, 0.1) is 0 Å². The number of piperazine rings is 1. The highest BCUT2D eigenvalue weighted by Gasteiger charge is 2.34. The van der Waals surface area contributed by atoms with Crippen molar-refractivity contribution in [2.24, 2.45) is 0 Å². The van der Waals surface area contributed by atoms with Crippen molar-refractivity contribution in [1.82, 2.24) is 30.6 Å². The van der Waals surface area contributed by atoms with Gasteiger partial charge in [0.15, 0.2) is 0 Å². The number of hydrogen-bond acceptors (Lipinski definition) is 5. The molecular formula is C22H24N6O2. The summed E-state index contributed by atoms with van der Waals surface area (Å²) >= 11 is 0. The summed E-state index contributed by atoms with van der Waals surface area (Å²) in [4.78, 5) is 36.9. The third-order valence-corrected chi connectivity index (χ3v) is 6.01. The molecule has 8 heteroatoms. The molecule has 0 saturated carbocycles. The van der Waals surface area contributed by atoms with E-state index in [9.17, 15) is 9.59 Å². The SMILES string of the molecule is O=C(c1cccc2[nH]ccc12)N1CCN(C(=O)C2CC(c3ccncc3)NN2)CC1. The van der Waals surface area contributed by atoms with Crippen LogP contribution in [0.25, 0.3) is 10.9 Å². The summed E-state index contributed by atoms with van der Waals surface area (Å²) in [5.41, 5.74) is 9.12. The molecular weight excluding hydrogens is 380 g/mol. The summed E-state index contributed by atoms with van der Waals surface area (Å²) in [5, 5.41) is 0.935. The van der Waals surface area contributed by atoms with E-state index < -0.39 is 0 Å². The lowest BCUT2D eigenvalue weighted by Crippen LogP contribution is -2.54. The highest BCUT2D eigenvalue weighted by molar-refractivity contribution is 6.06. The van der Waals surface area contributed by atoms with Gasteiger partial charge in [0, 0.05) is 67.3 Å². The zero-order chi connectivity index (χ0) is 20.5. The van der Waals surface area contributed by atoms with Gasteiger partial charge in [-0.2, -0.15) is 0 Å². The molecule has 0 aliphatic carbocycles. The summed E-state index contributed by atoms with van der Waals surface area (Å²) in [6, 6.07) is 11.4. The first-order valence-electron chi connectivity index (χ1n) is 10.3. The average Bonchev–Trinajstić information content (AvgIpc) is 3.48. The first-order valence-corrected chi connectivity index (χ1v) is 10.3. The number of fused-ring (bicyclic) bond motifs is 1. The van der Waals surface area contributed by atoms with Crippen LogP contribution in [-0.2, 0) is 4.79 Å². The zero-order valence-electron chi connectivity index (χ0n) is 16.5. The fourth-order valence-electron chi connectivity index (χ4n) is 4.33. The first-order chi connectivity index (χ1) is 14.7. The molecule has 30 heavy (non-hydrogen) atoms. The molecule has 0 spiro atoms. The zero-order valence-corrected chi connectivity index (χ0v) is 16.5. The van der Waals surface area contributed by atoms with E-state index in [0.29, 0.717) is 38.2 Å². The minimum absolute atomic E-state index is 0.0192. The Balaban J connectivity index is 1.19. The normalized spacial score (nSPS) is 21.9. The van der Waals surface area contributed by atoms with Crippen molar-refractivity contribution >= 4 is 22.7 Å². The van der Waals surface area contributed by atoms with Crippen LogP contribution in [0.2, 0.25) is 0 Å². The van der Waals surface area contributed by atoms with Crippen molar-refractivity contribution < 1.29 is 9.59 Å². The van der Waals surface area contributed by atoms with Gasteiger partial charge in [0.2, 0.25) is 5.91 Å². The van der Waals surface area contributed by atoms with Crippen LogP contribution in [0.3, 0.4) is 0 Å². The van der Waals surface area contributed by atoms with Crippen molar-refractivity contribution in [3.8, 4) is 0 Å². The maximum atomic E-state index is 13.0. The van der Waals surface area contributed by atoms with Crippen molar-refractivity contribution in [2.45, 2.75) is 18.5 Å². The monoisotopic (exact) mass is 404 g/mol. The molecule has 8 nitrogen and oxygen atoms in total. The van der Waals surface area contributed by atoms with Crippen LogP contribution < -0.4 is 10.9 Å². The van der Waals surface area contributed by atoms with Crippen molar-refractivity contribution in [3.63, 3.8) is 0 Å². The van der Waals surface area contributed by atoms with Gasteiger partial charge < -0.3 is 14.8 Å². The van der Waals surface area contributed by atoms with Crippen molar-refractivity contribution in [1.29, 1.82) is 0 Å². The van der Waals surface area contributed by atoms with E-state index in [0.717, 1.165) is 16.5 Å². The molecule has 2 unspecified atom stereocenters. The van der Waals surface area contributed by atoms with Crippen LogP contribution in [0.5, 0.6) is 0 Å². The fraction of sp³-hybridized carbons (Fsp3) is 0.318. The number of aromatic amines is 1. The maximum absolute atomic E-state index is 13.0. The van der Waals surface area contributed by atoms with Crippen LogP contribution >= 0.6 is 0 Å². The quantitative estimate of drug-likeness (QED) is 0.615. The number of benzene rings is 1. The smallest absolute Gasteiger partial charge is 0.254 e. The number of aromatic nitrogens is 2. The molecule has 2 saturated heterocycles. The Hall–Kier alpha value is -3.23. The topological polar surface area (TPSA) is 93.4 Å². The number of H-pyrrole nitrogens is 1. The lowest BCUT2D eigenvalue weighted by atomic mass is 10.0. The van der Waals surface area contributed by atoms with E-state index in [-0.39, 0.29) is 23.9 Å². The molecule has 5 rings (SSSR count). The summed E-state index contributed by atoms with van der Waals surface area (Å²) in [6.07, 6.45) is 6.06. The Bertz CT molecular complexity index is 1060. The van der Waals surface area contributed by atoms with Crippen LogP contribution in [-0.4, -0.2) is 63.8 Å². The predicted octanol–water partition coefficient (Wildman–Crippen LogP) is 1.46. The van der Waals surface area contributed by atoms with Crippen molar-refractivity contribution in [2.75, 3.05) is 26.2 Å². The largest absolute Gasteiger partial charge is 0.361 e. The number of hydrazine groups is 1. The highest BCUT2D eigenvalue weighted by Crippen LogP contribution is 2.23. The third kappa shape index (κ3) is 3.44. The van der Waals surface area contributed by atoms with Gasteiger partial charge in [-0.15, -0.1) is 0 Å². The van der Waals surface area contributed by atoms with E-state index >= 15 is 0 Å². The molecule has 0 bridgehead atoms. The van der Waals surface area contributed by atoms with E-state index in [2.05, 4.69) is 20.8 Å². The number of nitrogens with zero attached hydrogens (tertiary/aromatic N) is 3. The van der Waals surface area contributed by atoms with E-state index in [1.54, 1.807) is 12.4 Å². The van der Waals surface area contributed by atoms with Crippen LogP contribution in [0.1, 0.15) is 28.4 Å². The standard InChI is InChI=1S/C22H24N6O2/c29-21(17-2-1-3-18-16(17)6-9-24-18)27-10-12-28(13-11-27)22(30)20-14-19(25-26-20)15-4-7-23-8-5-15/h1-9,19-20,24-26H,10-14H2. The minimum Gasteiger partial charge on any atom is -0.361 e. The molecule has 2 atom stereocenters. The summed E-state index contributed by atoms with van der Waals surface area (Å²) in [6.45, 7) is 2.18. The van der Waals surface area contributed by atoms with Gasteiger partial charge in [-0.05, 0) is 42.3 Å². The number of rotatable bonds is 3. The number of amides is 2. The molecule has 2 aliphatic rings. The average molecular weight is 404 g/mol. The van der Waals surface area contributed by atoms with Crippen molar-refractivity contribution in [3.05, 3.63) is 66.1 Å². The van der Waals surface area contributed by atoms with Gasteiger partial charge in [-0.1, -0.05) is 6.07 Å². The van der Waals surface area contributed by atoms with E-state index in [1.807, 2.05) is 52.4 Å². The molecule has 3 aromatic rings. The molecule has 0 radical (unpaired) electrons. The number of nitrogens with one attached hydrogen (secondary N) is 3. The van der Waals surface area contributed by atoms with Crippen LogP contribution in [0.4, 0.5) is 0 Å². The molecule has 3 N–H and O–H groups in total. The Kier molecular flexibility index (Phi) is 4.94. The molecule has 154 valence electrons. The second-order valence-electron chi connectivity index (χ2n) is 7.77. The number of pyridine rings is 1. The molecule has 1 aromatic carbocycles. The van der Waals surface area contributed by atoms with Gasteiger partial charge in [-0.3, -0.25) is 14.6 Å². The summed E-state index contributed by atoms with van der Waals surface area (Å²) in [7, 11) is 0. The van der Waals surface area contributed by atoms with Gasteiger partial charge in [-0.25, -0.2) is 10.9 Å². The minimum atomic E-state index is -0.265. The number of hydrogen-bond donors (Lipinski definition) is 3. The fourth-order valence-corrected chi connectivity index (χ4v) is 4.33.